The molecule has 2 aromatic carbocycles. The molecular formula is C26H20N2O3S. The van der Waals surface area contributed by atoms with E-state index in [1.54, 1.807) is 25.6 Å². The minimum atomic E-state index is -0.147. The minimum absolute atomic E-state index is 0.147. The maximum Gasteiger partial charge on any atom is 0.256 e. The predicted octanol–water partition coefficient (Wildman–Crippen LogP) is 6.00. The molecule has 0 aliphatic rings. The first-order chi connectivity index (χ1) is 15.6. The topological polar surface area (TPSA) is 64.2 Å². The normalized spacial score (nSPS) is 10.9. The molecule has 0 aliphatic heterocycles. The van der Waals surface area contributed by atoms with Gasteiger partial charge in [0.2, 0.25) is 0 Å². The number of hydrogen-bond donors (Lipinski definition) is 1. The SMILES string of the molecule is COc1ccc(-c2cc(-c3cc4cc(OC)ccc4[nH]c3=O)cc(-c3cccs3)n2)cc1. The van der Waals surface area contributed by atoms with Gasteiger partial charge in [0, 0.05) is 22.0 Å². The molecule has 3 aromatic heterocycles. The van der Waals surface area contributed by atoms with Gasteiger partial charge in [0.15, 0.2) is 0 Å². The Kier molecular flexibility index (Phi) is 5.21. The number of ether oxygens (including phenoxy) is 2. The lowest BCUT2D eigenvalue weighted by Gasteiger charge is -2.10. The average Bonchev–Trinajstić information content (AvgIpc) is 3.38. The lowest BCUT2D eigenvalue weighted by atomic mass is 10.0. The predicted molar refractivity (Wildman–Crippen MR) is 130 cm³/mol. The van der Waals surface area contributed by atoms with Gasteiger partial charge in [-0.15, -0.1) is 11.3 Å². The maximum absolute atomic E-state index is 13.0. The largest absolute Gasteiger partial charge is 0.497 e. The Bertz CT molecular complexity index is 1460. The second-order valence-electron chi connectivity index (χ2n) is 7.30. The molecule has 158 valence electrons. The molecule has 6 heteroatoms. The highest BCUT2D eigenvalue weighted by Gasteiger charge is 2.13. The van der Waals surface area contributed by atoms with E-state index in [2.05, 4.69) is 4.98 Å². The lowest BCUT2D eigenvalue weighted by molar-refractivity contribution is 0.415. The standard InChI is InChI=1S/C26H20N2O3S/c1-30-19-7-5-16(6-8-19)23-14-17(15-24(27-23)25-4-3-11-32-25)21-13-18-12-20(31-2)9-10-22(18)28-26(21)29/h3-15H,1-2H3,(H,28,29). The molecule has 32 heavy (non-hydrogen) atoms. The Balaban J connectivity index is 1.71. The Hall–Kier alpha value is -3.90. The van der Waals surface area contributed by atoms with Crippen LogP contribution in [0.4, 0.5) is 0 Å². The Morgan fingerprint density at radius 2 is 1.56 bits per heavy atom. The van der Waals surface area contributed by atoms with Gasteiger partial charge in [0.25, 0.3) is 5.56 Å². The molecule has 0 aliphatic carbocycles. The molecule has 0 spiro atoms. The summed E-state index contributed by atoms with van der Waals surface area (Å²) in [7, 11) is 3.27. The molecule has 0 bridgehead atoms. The van der Waals surface area contributed by atoms with Crippen molar-refractivity contribution in [2.24, 2.45) is 0 Å². The fourth-order valence-corrected chi connectivity index (χ4v) is 4.36. The summed E-state index contributed by atoms with van der Waals surface area (Å²) >= 11 is 1.62. The number of aromatic nitrogens is 2. The van der Waals surface area contributed by atoms with E-state index in [0.29, 0.717) is 5.56 Å². The van der Waals surface area contributed by atoms with Crippen LogP contribution >= 0.6 is 11.3 Å². The summed E-state index contributed by atoms with van der Waals surface area (Å²) < 4.78 is 10.6. The van der Waals surface area contributed by atoms with E-state index in [0.717, 1.165) is 49.8 Å². The molecule has 0 fully saturated rings. The fraction of sp³-hybridized carbons (Fsp3) is 0.0769. The first-order valence-electron chi connectivity index (χ1n) is 10.1. The smallest absolute Gasteiger partial charge is 0.256 e. The van der Waals surface area contributed by atoms with Crippen LogP contribution in [0.1, 0.15) is 0 Å². The molecule has 0 saturated carbocycles. The molecule has 5 aromatic rings. The number of fused-ring (bicyclic) bond motifs is 1. The van der Waals surface area contributed by atoms with Crippen LogP contribution in [-0.2, 0) is 0 Å². The van der Waals surface area contributed by atoms with E-state index in [-0.39, 0.29) is 5.56 Å². The Labute approximate surface area is 188 Å². The third-order valence-electron chi connectivity index (χ3n) is 5.35. The Morgan fingerprint density at radius 3 is 2.28 bits per heavy atom. The van der Waals surface area contributed by atoms with Crippen molar-refractivity contribution in [3.8, 4) is 44.5 Å². The van der Waals surface area contributed by atoms with Gasteiger partial charge in [-0.3, -0.25) is 4.79 Å². The molecule has 5 nitrogen and oxygen atoms in total. The van der Waals surface area contributed by atoms with Gasteiger partial charge in [-0.2, -0.15) is 0 Å². The summed E-state index contributed by atoms with van der Waals surface area (Å²) in [6.07, 6.45) is 0. The molecule has 1 N–H and O–H groups in total. The van der Waals surface area contributed by atoms with Crippen molar-refractivity contribution < 1.29 is 9.47 Å². The molecule has 0 atom stereocenters. The summed E-state index contributed by atoms with van der Waals surface area (Å²) in [5.41, 5.74) is 4.58. The second-order valence-corrected chi connectivity index (χ2v) is 8.25. The van der Waals surface area contributed by atoms with E-state index in [4.69, 9.17) is 14.5 Å². The van der Waals surface area contributed by atoms with Crippen LogP contribution in [0.25, 0.3) is 43.9 Å². The van der Waals surface area contributed by atoms with Gasteiger partial charge < -0.3 is 14.5 Å². The zero-order chi connectivity index (χ0) is 22.1. The Morgan fingerprint density at radius 1 is 0.812 bits per heavy atom. The van der Waals surface area contributed by atoms with Crippen LogP contribution in [0.5, 0.6) is 11.5 Å². The van der Waals surface area contributed by atoms with Crippen LogP contribution in [0.3, 0.4) is 0 Å². The number of aromatic amines is 1. The molecule has 0 unspecified atom stereocenters. The van der Waals surface area contributed by atoms with Gasteiger partial charge >= 0.3 is 0 Å². The van der Waals surface area contributed by atoms with Crippen LogP contribution in [-0.4, -0.2) is 24.2 Å². The monoisotopic (exact) mass is 440 g/mol. The van der Waals surface area contributed by atoms with Crippen molar-refractivity contribution in [1.82, 2.24) is 9.97 Å². The van der Waals surface area contributed by atoms with E-state index in [1.807, 2.05) is 78.2 Å². The van der Waals surface area contributed by atoms with Gasteiger partial charge in [-0.25, -0.2) is 4.98 Å². The van der Waals surface area contributed by atoms with Crippen LogP contribution in [0.15, 0.2) is 83.0 Å². The number of H-pyrrole nitrogens is 1. The molecule has 5 rings (SSSR count). The van der Waals surface area contributed by atoms with Gasteiger partial charge in [0.05, 0.1) is 30.5 Å². The molecular weight excluding hydrogens is 420 g/mol. The van der Waals surface area contributed by atoms with Crippen molar-refractivity contribution in [2.45, 2.75) is 0 Å². The highest BCUT2D eigenvalue weighted by Crippen LogP contribution is 2.32. The first kappa shape index (κ1) is 20.0. The van der Waals surface area contributed by atoms with Crippen LogP contribution in [0, 0.1) is 0 Å². The number of thiophene rings is 1. The molecule has 0 radical (unpaired) electrons. The second kappa shape index (κ2) is 8.32. The van der Waals surface area contributed by atoms with E-state index in [1.165, 1.54) is 0 Å². The van der Waals surface area contributed by atoms with Crippen molar-refractivity contribution in [1.29, 1.82) is 0 Å². The quantitative estimate of drug-likeness (QED) is 0.364. The summed E-state index contributed by atoms with van der Waals surface area (Å²) in [4.78, 5) is 21.9. The van der Waals surface area contributed by atoms with Gasteiger partial charge in [-0.05, 0) is 77.7 Å². The molecule has 0 amide bonds. The van der Waals surface area contributed by atoms with Crippen molar-refractivity contribution >= 4 is 22.2 Å². The number of nitrogens with one attached hydrogen (secondary N) is 1. The third kappa shape index (κ3) is 3.76. The summed E-state index contributed by atoms with van der Waals surface area (Å²) in [6.45, 7) is 0. The number of methoxy groups -OCH3 is 2. The number of rotatable bonds is 5. The third-order valence-corrected chi connectivity index (χ3v) is 6.24. The fourth-order valence-electron chi connectivity index (χ4n) is 3.67. The average molecular weight is 441 g/mol. The summed E-state index contributed by atoms with van der Waals surface area (Å²) in [5, 5.41) is 2.92. The van der Waals surface area contributed by atoms with Crippen molar-refractivity contribution in [2.75, 3.05) is 14.2 Å². The lowest BCUT2D eigenvalue weighted by Crippen LogP contribution is -2.09. The van der Waals surface area contributed by atoms with Crippen molar-refractivity contribution in [3.05, 3.63) is 88.5 Å². The van der Waals surface area contributed by atoms with Crippen LogP contribution < -0.4 is 15.0 Å². The highest BCUT2D eigenvalue weighted by molar-refractivity contribution is 7.13. The van der Waals surface area contributed by atoms with Crippen LogP contribution in [0.2, 0.25) is 0 Å². The zero-order valence-corrected chi connectivity index (χ0v) is 18.4. The van der Waals surface area contributed by atoms with E-state index >= 15 is 0 Å². The molecule has 0 saturated heterocycles. The first-order valence-corrected chi connectivity index (χ1v) is 10.9. The maximum atomic E-state index is 13.0. The summed E-state index contributed by atoms with van der Waals surface area (Å²) in [5.74, 6) is 1.52. The summed E-state index contributed by atoms with van der Waals surface area (Å²) in [6, 6.07) is 23.2. The number of nitrogens with zero attached hydrogens (tertiary/aromatic N) is 1. The number of hydrogen-bond acceptors (Lipinski definition) is 5. The van der Waals surface area contributed by atoms with Gasteiger partial charge in [0.1, 0.15) is 11.5 Å². The van der Waals surface area contributed by atoms with E-state index < -0.39 is 0 Å². The number of pyridine rings is 2. The van der Waals surface area contributed by atoms with Gasteiger partial charge in [-0.1, -0.05) is 6.07 Å². The van der Waals surface area contributed by atoms with E-state index in [9.17, 15) is 4.79 Å². The van der Waals surface area contributed by atoms with Crippen molar-refractivity contribution in [3.63, 3.8) is 0 Å². The molecule has 3 heterocycles. The number of benzene rings is 2. The minimum Gasteiger partial charge on any atom is -0.497 e. The zero-order valence-electron chi connectivity index (χ0n) is 17.6. The highest BCUT2D eigenvalue weighted by atomic mass is 32.1.